The van der Waals surface area contributed by atoms with Gasteiger partial charge in [-0.2, -0.15) is 9.61 Å². The molecule has 134 valence electrons. The number of hydrogen-bond donors (Lipinski definition) is 1. The molecule has 8 nitrogen and oxygen atoms in total. The number of anilines is 1. The number of methoxy groups -OCH3 is 1. The molecule has 3 heterocycles. The fourth-order valence-electron chi connectivity index (χ4n) is 2.65. The lowest BCUT2D eigenvalue weighted by atomic mass is 10.1. The second-order valence-corrected chi connectivity index (χ2v) is 5.79. The maximum absolute atomic E-state index is 11.6. The van der Waals surface area contributed by atoms with Crippen molar-refractivity contribution in [2.75, 3.05) is 19.0 Å². The van der Waals surface area contributed by atoms with Crippen LogP contribution < -0.4 is 5.32 Å². The van der Waals surface area contributed by atoms with Crippen LogP contribution in [0.15, 0.2) is 60.8 Å². The molecule has 0 aliphatic rings. The summed E-state index contributed by atoms with van der Waals surface area (Å²) in [5, 5.41) is 15.7. The summed E-state index contributed by atoms with van der Waals surface area (Å²) in [6.07, 6.45) is 1.71. The topological polar surface area (TPSA) is 94.3 Å². The van der Waals surface area contributed by atoms with Gasteiger partial charge >= 0.3 is 0 Å². The first-order valence-electron chi connectivity index (χ1n) is 8.28. The fourth-order valence-corrected chi connectivity index (χ4v) is 2.65. The predicted octanol–water partition coefficient (Wildman–Crippen LogP) is 2.44. The molecule has 27 heavy (non-hydrogen) atoms. The zero-order valence-corrected chi connectivity index (χ0v) is 14.5. The van der Waals surface area contributed by atoms with E-state index in [0.717, 1.165) is 11.3 Å². The number of pyridine rings is 1. The number of aromatic nitrogens is 5. The third kappa shape index (κ3) is 3.51. The maximum atomic E-state index is 11.6. The van der Waals surface area contributed by atoms with Crippen molar-refractivity contribution in [3.8, 4) is 22.8 Å². The summed E-state index contributed by atoms with van der Waals surface area (Å²) in [6, 6.07) is 16.8. The Morgan fingerprint density at radius 3 is 2.63 bits per heavy atom. The molecule has 3 aromatic heterocycles. The Hall–Kier alpha value is -3.65. The van der Waals surface area contributed by atoms with E-state index >= 15 is 0 Å². The van der Waals surface area contributed by atoms with Crippen molar-refractivity contribution >= 4 is 17.2 Å². The molecule has 1 amide bonds. The number of nitrogens with zero attached hydrogens (tertiary/aromatic N) is 5. The number of amides is 1. The van der Waals surface area contributed by atoms with Crippen molar-refractivity contribution in [3.63, 3.8) is 0 Å². The van der Waals surface area contributed by atoms with E-state index in [0.29, 0.717) is 22.9 Å². The van der Waals surface area contributed by atoms with Gasteiger partial charge < -0.3 is 10.1 Å². The summed E-state index contributed by atoms with van der Waals surface area (Å²) in [7, 11) is 1.48. The number of carbonyl (C=O) groups excluding carboxylic acids is 1. The van der Waals surface area contributed by atoms with E-state index in [2.05, 4.69) is 25.6 Å². The second kappa shape index (κ2) is 7.30. The lowest BCUT2D eigenvalue weighted by Crippen LogP contribution is -2.16. The Bertz CT molecular complexity index is 1080. The van der Waals surface area contributed by atoms with Crippen molar-refractivity contribution in [1.82, 2.24) is 24.8 Å². The predicted molar refractivity (Wildman–Crippen MR) is 100.0 cm³/mol. The molecule has 0 atom stereocenters. The molecule has 1 aromatic carbocycles. The zero-order valence-electron chi connectivity index (χ0n) is 14.5. The molecule has 4 rings (SSSR count). The van der Waals surface area contributed by atoms with Crippen molar-refractivity contribution < 1.29 is 9.53 Å². The highest BCUT2D eigenvalue weighted by molar-refractivity contribution is 5.91. The van der Waals surface area contributed by atoms with Gasteiger partial charge in [0, 0.05) is 24.6 Å². The number of fused-ring (bicyclic) bond motifs is 1. The average molecular weight is 360 g/mol. The van der Waals surface area contributed by atoms with Crippen LogP contribution in [-0.4, -0.2) is 44.4 Å². The summed E-state index contributed by atoms with van der Waals surface area (Å²) >= 11 is 0. The smallest absolute Gasteiger partial charge is 0.250 e. The minimum absolute atomic E-state index is 0.0178. The van der Waals surface area contributed by atoms with Gasteiger partial charge in [0.15, 0.2) is 5.65 Å². The highest BCUT2D eigenvalue weighted by Crippen LogP contribution is 2.21. The number of nitrogens with one attached hydrogen (secondary N) is 1. The van der Waals surface area contributed by atoms with Gasteiger partial charge in [-0.15, -0.1) is 10.2 Å². The summed E-state index contributed by atoms with van der Waals surface area (Å²) in [5.74, 6) is 0.380. The van der Waals surface area contributed by atoms with Crippen LogP contribution in [0.25, 0.3) is 28.4 Å². The van der Waals surface area contributed by atoms with Crippen LogP contribution in [0.4, 0.5) is 5.69 Å². The minimum atomic E-state index is -0.200. The molecule has 0 saturated carbocycles. The molecular weight excluding hydrogens is 344 g/mol. The first-order valence-corrected chi connectivity index (χ1v) is 8.28. The zero-order chi connectivity index (χ0) is 18.6. The third-order valence-corrected chi connectivity index (χ3v) is 3.90. The van der Waals surface area contributed by atoms with Crippen LogP contribution in [-0.2, 0) is 9.53 Å². The van der Waals surface area contributed by atoms with Gasteiger partial charge in [-0.3, -0.25) is 9.78 Å². The van der Waals surface area contributed by atoms with E-state index in [1.807, 2.05) is 54.6 Å². The minimum Gasteiger partial charge on any atom is -0.375 e. The molecule has 8 heteroatoms. The Balaban J connectivity index is 1.65. The number of hydrogen-bond acceptors (Lipinski definition) is 6. The van der Waals surface area contributed by atoms with Gasteiger partial charge in [0.25, 0.3) is 0 Å². The summed E-state index contributed by atoms with van der Waals surface area (Å²) in [5.41, 5.74) is 3.70. The summed E-state index contributed by atoms with van der Waals surface area (Å²) in [4.78, 5) is 15.9. The molecule has 0 spiro atoms. The standard InChI is InChI=1S/C19H16N6O2/c1-27-12-18(26)21-14-7-5-13(6-8-14)15-9-10-17-22-23-19(25(17)24-15)16-4-2-3-11-20-16/h2-11H,12H2,1H3,(H,21,26). The average Bonchev–Trinajstić information content (AvgIpc) is 3.12. The Kier molecular flexibility index (Phi) is 4.54. The number of carbonyl (C=O) groups is 1. The number of benzene rings is 1. The van der Waals surface area contributed by atoms with E-state index in [1.54, 1.807) is 10.7 Å². The Morgan fingerprint density at radius 2 is 1.89 bits per heavy atom. The molecule has 0 bridgehead atoms. The van der Waals surface area contributed by atoms with E-state index in [4.69, 9.17) is 4.74 Å². The fraction of sp³-hybridized carbons (Fsp3) is 0.105. The molecule has 0 fully saturated rings. The van der Waals surface area contributed by atoms with E-state index in [1.165, 1.54) is 7.11 Å². The van der Waals surface area contributed by atoms with E-state index in [-0.39, 0.29) is 12.5 Å². The monoisotopic (exact) mass is 360 g/mol. The molecule has 4 aromatic rings. The normalized spacial score (nSPS) is 10.9. The van der Waals surface area contributed by atoms with Crippen LogP contribution >= 0.6 is 0 Å². The molecule has 0 aliphatic carbocycles. The Labute approximate surface area is 154 Å². The van der Waals surface area contributed by atoms with Crippen molar-refractivity contribution in [3.05, 3.63) is 60.8 Å². The highest BCUT2D eigenvalue weighted by Gasteiger charge is 2.11. The third-order valence-electron chi connectivity index (χ3n) is 3.90. The van der Waals surface area contributed by atoms with E-state index < -0.39 is 0 Å². The molecule has 1 N–H and O–H groups in total. The van der Waals surface area contributed by atoms with Gasteiger partial charge in [0.05, 0.1) is 5.69 Å². The van der Waals surface area contributed by atoms with Gasteiger partial charge in [-0.25, -0.2) is 0 Å². The molecule has 0 saturated heterocycles. The summed E-state index contributed by atoms with van der Waals surface area (Å²) < 4.78 is 6.48. The van der Waals surface area contributed by atoms with Crippen LogP contribution in [0.5, 0.6) is 0 Å². The van der Waals surface area contributed by atoms with Crippen LogP contribution in [0.1, 0.15) is 0 Å². The summed E-state index contributed by atoms with van der Waals surface area (Å²) in [6.45, 7) is 0.0178. The second-order valence-electron chi connectivity index (χ2n) is 5.79. The van der Waals surface area contributed by atoms with Crippen molar-refractivity contribution in [2.45, 2.75) is 0 Å². The van der Waals surface area contributed by atoms with Gasteiger partial charge in [-0.1, -0.05) is 18.2 Å². The van der Waals surface area contributed by atoms with Crippen molar-refractivity contribution in [2.24, 2.45) is 0 Å². The Morgan fingerprint density at radius 1 is 1.04 bits per heavy atom. The SMILES string of the molecule is COCC(=O)Nc1ccc(-c2ccc3nnc(-c4ccccn4)n3n2)cc1. The van der Waals surface area contributed by atoms with Crippen molar-refractivity contribution in [1.29, 1.82) is 0 Å². The van der Waals surface area contributed by atoms with Gasteiger partial charge in [0.2, 0.25) is 11.7 Å². The quantitative estimate of drug-likeness (QED) is 0.587. The number of ether oxygens (including phenoxy) is 1. The molecule has 0 unspecified atom stereocenters. The van der Waals surface area contributed by atoms with Crippen LogP contribution in [0, 0.1) is 0 Å². The first kappa shape index (κ1) is 16.8. The first-order chi connectivity index (χ1) is 13.2. The van der Waals surface area contributed by atoms with Crippen LogP contribution in [0.2, 0.25) is 0 Å². The van der Waals surface area contributed by atoms with Gasteiger partial charge in [-0.05, 0) is 36.4 Å². The lowest BCUT2D eigenvalue weighted by molar-refractivity contribution is -0.119. The molecule has 0 radical (unpaired) electrons. The highest BCUT2D eigenvalue weighted by atomic mass is 16.5. The molecular formula is C19H16N6O2. The van der Waals surface area contributed by atoms with Crippen LogP contribution in [0.3, 0.4) is 0 Å². The lowest BCUT2D eigenvalue weighted by Gasteiger charge is -2.06. The largest absolute Gasteiger partial charge is 0.375 e. The van der Waals surface area contributed by atoms with Gasteiger partial charge in [0.1, 0.15) is 12.3 Å². The number of rotatable bonds is 5. The van der Waals surface area contributed by atoms with E-state index in [9.17, 15) is 4.79 Å². The molecule has 0 aliphatic heterocycles. The maximum Gasteiger partial charge on any atom is 0.250 e.